The van der Waals surface area contributed by atoms with Gasteiger partial charge in [-0.3, -0.25) is 19.1 Å². The zero-order chi connectivity index (χ0) is 27.0. The van der Waals surface area contributed by atoms with Crippen molar-refractivity contribution in [3.05, 3.63) is 23.4 Å². The normalized spacial score (nSPS) is 26.3. The molecule has 1 aromatic carbocycles. The molecule has 3 aliphatic rings. The van der Waals surface area contributed by atoms with E-state index in [2.05, 4.69) is 25.2 Å². The van der Waals surface area contributed by atoms with E-state index in [1.807, 2.05) is 17.9 Å². The van der Waals surface area contributed by atoms with Gasteiger partial charge in [0.1, 0.15) is 12.2 Å². The van der Waals surface area contributed by atoms with Crippen molar-refractivity contribution < 1.29 is 14.4 Å². The molecular formula is C31H44N4O3. The Bertz CT molecular complexity index is 1230. The average molecular weight is 521 g/mol. The lowest BCUT2D eigenvalue weighted by molar-refractivity contribution is -0.139. The fraction of sp³-hybridized carbons (Fsp3) is 0.677. The minimum absolute atomic E-state index is 0.0414. The first-order valence-corrected chi connectivity index (χ1v) is 14.9. The second-order valence-electron chi connectivity index (χ2n) is 12.3. The van der Waals surface area contributed by atoms with E-state index >= 15 is 0 Å². The molecule has 38 heavy (non-hydrogen) atoms. The van der Waals surface area contributed by atoms with Crippen LogP contribution in [0.25, 0.3) is 10.9 Å². The number of hydrogen-bond acceptors (Lipinski definition) is 5. The molecule has 0 unspecified atom stereocenters. The van der Waals surface area contributed by atoms with Crippen LogP contribution in [0.5, 0.6) is 0 Å². The maximum Gasteiger partial charge on any atom is 0.245 e. The van der Waals surface area contributed by atoms with Gasteiger partial charge in [-0.05, 0) is 69.1 Å². The lowest BCUT2D eigenvalue weighted by Gasteiger charge is -2.26. The molecule has 2 bridgehead atoms. The van der Waals surface area contributed by atoms with Crippen LogP contribution >= 0.6 is 0 Å². The molecule has 3 atom stereocenters. The first-order valence-electron chi connectivity index (χ1n) is 14.9. The fourth-order valence-electron chi connectivity index (χ4n) is 7.13. The van der Waals surface area contributed by atoms with E-state index in [1.165, 1.54) is 38.5 Å². The average Bonchev–Trinajstić information content (AvgIpc) is 3.27. The summed E-state index contributed by atoms with van der Waals surface area (Å²) in [7, 11) is 0. The number of nitrogens with zero attached hydrogens (tertiary/aromatic N) is 3. The minimum Gasteiger partial charge on any atom is -0.383 e. The summed E-state index contributed by atoms with van der Waals surface area (Å²) in [5, 5.41) is 9.04. The van der Waals surface area contributed by atoms with Crippen LogP contribution in [0.1, 0.15) is 114 Å². The highest BCUT2D eigenvalue weighted by molar-refractivity contribution is 6.06. The first-order chi connectivity index (χ1) is 18.2. The SMILES string of the molecule is CCC(=O)[C@@H]1C[C@]23CCCCCCCCCc4cc(NC(C)C)cc5c(C(C)=O)nn(c45)CC(=O)N1[C@@H]2C3. The standard InChI is InChI=1S/C31H44N4O3/c1-5-26(37)25-17-31-14-12-10-8-6-7-9-11-13-22-15-23(32-20(2)3)16-24-29(21(4)36)33-34(30(22)24)19-28(38)35(25)27(31)18-31/h15-16,20,25,27,32H,5-14,17-19H2,1-4H3/t25-,27+,31-/m0/s1. The Balaban J connectivity index is 1.56. The number of hydrogen-bond donors (Lipinski definition) is 1. The highest BCUT2D eigenvalue weighted by Crippen LogP contribution is 2.62. The summed E-state index contributed by atoms with van der Waals surface area (Å²) in [6.45, 7) is 7.71. The summed E-state index contributed by atoms with van der Waals surface area (Å²) >= 11 is 0. The molecule has 1 N–H and O–H groups in total. The number of ketones is 2. The van der Waals surface area contributed by atoms with Crippen LogP contribution in [0.3, 0.4) is 0 Å². The van der Waals surface area contributed by atoms with Gasteiger partial charge in [0.15, 0.2) is 11.6 Å². The molecule has 206 valence electrons. The number of piperidine rings is 1. The summed E-state index contributed by atoms with van der Waals surface area (Å²) in [5.41, 5.74) is 3.54. The molecule has 1 aliphatic carbocycles. The Labute approximate surface area is 226 Å². The molecule has 0 radical (unpaired) electrons. The van der Waals surface area contributed by atoms with E-state index in [1.54, 1.807) is 11.6 Å². The number of aromatic nitrogens is 2. The van der Waals surface area contributed by atoms with Gasteiger partial charge in [-0.2, -0.15) is 5.10 Å². The number of amides is 1. The van der Waals surface area contributed by atoms with Gasteiger partial charge in [-0.25, -0.2) is 0 Å². The van der Waals surface area contributed by atoms with Gasteiger partial charge in [-0.1, -0.05) is 45.4 Å². The third-order valence-electron chi connectivity index (χ3n) is 9.04. The highest BCUT2D eigenvalue weighted by Gasteiger charge is 2.66. The lowest BCUT2D eigenvalue weighted by Crippen LogP contribution is -2.44. The van der Waals surface area contributed by atoms with Crippen LogP contribution in [0.4, 0.5) is 5.69 Å². The molecule has 1 saturated carbocycles. The van der Waals surface area contributed by atoms with E-state index in [0.717, 1.165) is 54.3 Å². The number of rotatable bonds is 5. The van der Waals surface area contributed by atoms with Gasteiger partial charge in [0.2, 0.25) is 5.91 Å². The van der Waals surface area contributed by atoms with E-state index < -0.39 is 0 Å². The van der Waals surface area contributed by atoms with Gasteiger partial charge in [0, 0.05) is 36.5 Å². The molecule has 7 heteroatoms. The van der Waals surface area contributed by atoms with Crippen molar-refractivity contribution in [1.29, 1.82) is 0 Å². The van der Waals surface area contributed by atoms with Crippen molar-refractivity contribution >= 4 is 34.1 Å². The van der Waals surface area contributed by atoms with Gasteiger partial charge in [0.05, 0.1) is 11.6 Å². The van der Waals surface area contributed by atoms with Crippen LogP contribution in [0.2, 0.25) is 0 Å². The molecule has 1 aromatic heterocycles. The monoisotopic (exact) mass is 520 g/mol. The fourth-order valence-corrected chi connectivity index (χ4v) is 7.13. The summed E-state index contributed by atoms with van der Waals surface area (Å²) in [4.78, 5) is 41.5. The van der Waals surface area contributed by atoms with Crippen LogP contribution in [0, 0.1) is 5.41 Å². The number of Topliss-reactive ketones (excluding diaryl/α,β-unsaturated/α-hetero) is 2. The predicted molar refractivity (Wildman–Crippen MR) is 151 cm³/mol. The number of nitrogens with one attached hydrogen (secondary N) is 1. The number of anilines is 1. The number of aryl methyl sites for hydroxylation is 1. The summed E-state index contributed by atoms with van der Waals surface area (Å²) in [6, 6.07) is 4.29. The van der Waals surface area contributed by atoms with Gasteiger partial charge >= 0.3 is 0 Å². The smallest absolute Gasteiger partial charge is 0.245 e. The number of carbonyl (C=O) groups is 3. The van der Waals surface area contributed by atoms with E-state index in [4.69, 9.17) is 5.10 Å². The summed E-state index contributed by atoms with van der Waals surface area (Å²) < 4.78 is 1.76. The van der Waals surface area contributed by atoms with Crippen LogP contribution in [-0.4, -0.2) is 50.3 Å². The summed E-state index contributed by atoms with van der Waals surface area (Å²) in [5.74, 6) is 0.0249. The molecule has 2 aliphatic heterocycles. The third kappa shape index (κ3) is 5.13. The second kappa shape index (κ2) is 10.8. The Morgan fingerprint density at radius 3 is 2.47 bits per heavy atom. The zero-order valence-corrected chi connectivity index (χ0v) is 23.6. The molecule has 1 saturated heterocycles. The highest BCUT2D eigenvalue weighted by atomic mass is 16.2. The summed E-state index contributed by atoms with van der Waals surface area (Å²) in [6.07, 6.45) is 12.7. The molecule has 0 spiro atoms. The number of benzene rings is 1. The van der Waals surface area contributed by atoms with Crippen molar-refractivity contribution in [3.63, 3.8) is 0 Å². The lowest BCUT2D eigenvalue weighted by atomic mass is 9.91. The van der Waals surface area contributed by atoms with Crippen molar-refractivity contribution in [3.8, 4) is 0 Å². The Hall–Kier alpha value is -2.70. The maximum atomic E-state index is 13.9. The molecule has 5 rings (SSSR count). The Morgan fingerprint density at radius 2 is 1.79 bits per heavy atom. The molecule has 7 nitrogen and oxygen atoms in total. The molecule has 3 heterocycles. The Morgan fingerprint density at radius 1 is 1.08 bits per heavy atom. The maximum absolute atomic E-state index is 13.9. The third-order valence-corrected chi connectivity index (χ3v) is 9.04. The van der Waals surface area contributed by atoms with Crippen molar-refractivity contribution in [2.45, 2.75) is 129 Å². The molecular weight excluding hydrogens is 476 g/mol. The quantitative estimate of drug-likeness (QED) is 0.484. The van der Waals surface area contributed by atoms with Gasteiger partial charge in [-0.15, -0.1) is 0 Å². The van der Waals surface area contributed by atoms with Crippen molar-refractivity contribution in [2.24, 2.45) is 5.41 Å². The molecule has 1 amide bonds. The minimum atomic E-state index is -0.319. The molecule has 2 aromatic rings. The predicted octanol–water partition coefficient (Wildman–Crippen LogP) is 6.07. The van der Waals surface area contributed by atoms with E-state index in [-0.39, 0.29) is 47.6 Å². The zero-order valence-electron chi connectivity index (χ0n) is 23.6. The Kier molecular flexibility index (Phi) is 7.65. The van der Waals surface area contributed by atoms with Gasteiger partial charge < -0.3 is 10.2 Å². The van der Waals surface area contributed by atoms with Crippen molar-refractivity contribution in [1.82, 2.24) is 14.7 Å². The van der Waals surface area contributed by atoms with Crippen LogP contribution < -0.4 is 5.32 Å². The second-order valence-corrected chi connectivity index (χ2v) is 12.3. The van der Waals surface area contributed by atoms with E-state index in [0.29, 0.717) is 12.1 Å². The van der Waals surface area contributed by atoms with Crippen molar-refractivity contribution in [2.75, 3.05) is 5.32 Å². The molecule has 2 fully saturated rings. The van der Waals surface area contributed by atoms with Crippen LogP contribution in [0.15, 0.2) is 12.1 Å². The largest absolute Gasteiger partial charge is 0.383 e. The first kappa shape index (κ1) is 26.9. The van der Waals surface area contributed by atoms with Crippen LogP contribution in [-0.2, 0) is 22.6 Å². The number of carbonyl (C=O) groups excluding carboxylic acids is 3. The van der Waals surface area contributed by atoms with E-state index in [9.17, 15) is 14.4 Å². The van der Waals surface area contributed by atoms with Gasteiger partial charge in [0.25, 0.3) is 0 Å². The topological polar surface area (TPSA) is 84.3 Å².